The molecule has 0 bridgehead atoms. The van der Waals surface area contributed by atoms with E-state index in [4.69, 9.17) is 4.42 Å². The van der Waals surface area contributed by atoms with Gasteiger partial charge in [-0.3, -0.25) is 0 Å². The van der Waals surface area contributed by atoms with Crippen LogP contribution in [0.4, 0.5) is 0 Å². The first-order valence-corrected chi connectivity index (χ1v) is 7.10. The van der Waals surface area contributed by atoms with E-state index >= 15 is 0 Å². The Morgan fingerprint density at radius 1 is 1.18 bits per heavy atom. The molecule has 0 aliphatic rings. The SMILES string of the molecule is CN(C)CCn1nc(-c2cccc(-n3cccc3)c2)oc1=O. The van der Waals surface area contributed by atoms with Crippen molar-refractivity contribution in [2.24, 2.45) is 0 Å². The van der Waals surface area contributed by atoms with Crippen molar-refractivity contribution in [3.05, 3.63) is 59.3 Å². The number of benzene rings is 1. The molecule has 0 atom stereocenters. The van der Waals surface area contributed by atoms with Crippen LogP contribution in [0.5, 0.6) is 0 Å². The van der Waals surface area contributed by atoms with E-state index < -0.39 is 5.76 Å². The third kappa shape index (κ3) is 3.01. The molecule has 0 fully saturated rings. The monoisotopic (exact) mass is 298 g/mol. The standard InChI is InChI=1S/C16H18N4O2/c1-18(2)10-11-20-16(21)22-15(17-20)13-6-5-7-14(12-13)19-8-3-4-9-19/h3-9,12H,10-11H2,1-2H3. The lowest BCUT2D eigenvalue weighted by atomic mass is 10.2. The predicted octanol–water partition coefficient (Wildman–Crippen LogP) is 1.86. The van der Waals surface area contributed by atoms with Gasteiger partial charge in [0.05, 0.1) is 6.54 Å². The van der Waals surface area contributed by atoms with Crippen LogP contribution in [-0.4, -0.2) is 39.9 Å². The molecular weight excluding hydrogens is 280 g/mol. The second kappa shape index (κ2) is 6.03. The first kappa shape index (κ1) is 14.3. The molecule has 0 aliphatic carbocycles. The van der Waals surface area contributed by atoms with Gasteiger partial charge in [-0.15, -0.1) is 5.10 Å². The van der Waals surface area contributed by atoms with Crippen molar-refractivity contribution in [1.82, 2.24) is 19.2 Å². The van der Waals surface area contributed by atoms with E-state index in [1.807, 2.05) is 72.4 Å². The van der Waals surface area contributed by atoms with Gasteiger partial charge in [0.1, 0.15) is 0 Å². The molecule has 2 aromatic heterocycles. The summed E-state index contributed by atoms with van der Waals surface area (Å²) in [6.07, 6.45) is 3.93. The molecule has 0 radical (unpaired) electrons. The maximum Gasteiger partial charge on any atom is 0.437 e. The average Bonchev–Trinajstić information content (AvgIpc) is 3.15. The fourth-order valence-corrected chi connectivity index (χ4v) is 2.17. The Bertz CT molecular complexity index is 800. The van der Waals surface area contributed by atoms with Crippen molar-refractivity contribution in [1.29, 1.82) is 0 Å². The van der Waals surface area contributed by atoms with Gasteiger partial charge in [-0.1, -0.05) is 6.07 Å². The smallest absolute Gasteiger partial charge is 0.388 e. The van der Waals surface area contributed by atoms with Crippen LogP contribution >= 0.6 is 0 Å². The summed E-state index contributed by atoms with van der Waals surface area (Å²) in [5.41, 5.74) is 1.78. The van der Waals surface area contributed by atoms with E-state index in [1.54, 1.807) is 0 Å². The van der Waals surface area contributed by atoms with Crippen LogP contribution in [-0.2, 0) is 6.54 Å². The van der Waals surface area contributed by atoms with Gasteiger partial charge < -0.3 is 13.9 Å². The molecule has 3 aromatic rings. The summed E-state index contributed by atoms with van der Waals surface area (Å²) < 4.78 is 8.62. The zero-order valence-corrected chi connectivity index (χ0v) is 12.6. The summed E-state index contributed by atoms with van der Waals surface area (Å²) in [6, 6.07) is 11.7. The molecule has 3 rings (SSSR count). The Balaban J connectivity index is 1.90. The van der Waals surface area contributed by atoms with E-state index in [1.165, 1.54) is 4.68 Å². The van der Waals surface area contributed by atoms with Gasteiger partial charge in [0, 0.05) is 30.2 Å². The lowest BCUT2D eigenvalue weighted by Crippen LogP contribution is -2.24. The minimum atomic E-state index is -0.428. The number of rotatable bonds is 5. The molecular formula is C16H18N4O2. The highest BCUT2D eigenvalue weighted by molar-refractivity contribution is 5.57. The molecule has 6 heteroatoms. The number of likely N-dealkylation sites (N-methyl/N-ethyl adjacent to an activating group) is 1. The molecule has 0 N–H and O–H groups in total. The second-order valence-electron chi connectivity index (χ2n) is 5.34. The van der Waals surface area contributed by atoms with Crippen LogP contribution in [0.25, 0.3) is 17.1 Å². The van der Waals surface area contributed by atoms with E-state index in [2.05, 4.69) is 5.10 Å². The van der Waals surface area contributed by atoms with E-state index in [-0.39, 0.29) is 0 Å². The second-order valence-corrected chi connectivity index (χ2v) is 5.34. The summed E-state index contributed by atoms with van der Waals surface area (Å²) in [7, 11) is 3.90. The van der Waals surface area contributed by atoms with Crippen LogP contribution in [0.1, 0.15) is 0 Å². The molecule has 0 unspecified atom stereocenters. The minimum absolute atomic E-state index is 0.345. The predicted molar refractivity (Wildman–Crippen MR) is 84.1 cm³/mol. The van der Waals surface area contributed by atoms with Gasteiger partial charge in [0.2, 0.25) is 5.89 Å². The topological polar surface area (TPSA) is 56.2 Å². The minimum Gasteiger partial charge on any atom is -0.388 e. The number of aromatic nitrogens is 3. The quantitative estimate of drug-likeness (QED) is 0.721. The summed E-state index contributed by atoms with van der Waals surface area (Å²) in [6.45, 7) is 1.24. The molecule has 1 aromatic carbocycles. The van der Waals surface area contributed by atoms with Crippen LogP contribution in [0, 0.1) is 0 Å². The van der Waals surface area contributed by atoms with E-state index in [0.717, 1.165) is 17.8 Å². The fraction of sp³-hybridized carbons (Fsp3) is 0.250. The molecule has 2 heterocycles. The van der Waals surface area contributed by atoms with Crippen molar-refractivity contribution >= 4 is 0 Å². The average molecular weight is 298 g/mol. The summed E-state index contributed by atoms with van der Waals surface area (Å²) in [5.74, 6) is -0.0824. The maximum atomic E-state index is 11.8. The van der Waals surface area contributed by atoms with Crippen molar-refractivity contribution in [2.75, 3.05) is 20.6 Å². The Hall–Kier alpha value is -2.60. The molecule has 0 saturated heterocycles. The van der Waals surface area contributed by atoms with Gasteiger partial charge in [-0.25, -0.2) is 4.79 Å². The van der Waals surface area contributed by atoms with Crippen LogP contribution < -0.4 is 5.76 Å². The summed E-state index contributed by atoms with van der Waals surface area (Å²) >= 11 is 0. The zero-order valence-electron chi connectivity index (χ0n) is 12.6. The van der Waals surface area contributed by atoms with Gasteiger partial charge in [-0.2, -0.15) is 4.68 Å². The Morgan fingerprint density at radius 3 is 2.68 bits per heavy atom. The molecule has 0 saturated carbocycles. The Labute approximate surface area is 128 Å². The number of hydrogen-bond acceptors (Lipinski definition) is 4. The van der Waals surface area contributed by atoms with Gasteiger partial charge in [0.15, 0.2) is 0 Å². The van der Waals surface area contributed by atoms with Crippen LogP contribution in [0.3, 0.4) is 0 Å². The molecule has 6 nitrogen and oxygen atoms in total. The van der Waals surface area contributed by atoms with Gasteiger partial charge in [-0.05, 0) is 44.4 Å². The summed E-state index contributed by atoms with van der Waals surface area (Å²) in [4.78, 5) is 13.8. The molecule has 0 amide bonds. The highest BCUT2D eigenvalue weighted by Gasteiger charge is 2.11. The maximum absolute atomic E-state index is 11.8. The normalized spacial score (nSPS) is 11.2. The summed E-state index contributed by atoms with van der Waals surface area (Å²) in [5, 5.41) is 4.28. The lowest BCUT2D eigenvalue weighted by molar-refractivity contribution is 0.362. The van der Waals surface area contributed by atoms with Crippen LogP contribution in [0.2, 0.25) is 0 Å². The van der Waals surface area contributed by atoms with E-state index in [9.17, 15) is 4.79 Å². The van der Waals surface area contributed by atoms with Crippen molar-refractivity contribution < 1.29 is 4.42 Å². The van der Waals surface area contributed by atoms with Crippen molar-refractivity contribution in [3.63, 3.8) is 0 Å². The van der Waals surface area contributed by atoms with Crippen molar-refractivity contribution in [2.45, 2.75) is 6.54 Å². The molecule has 0 aliphatic heterocycles. The first-order chi connectivity index (χ1) is 10.6. The lowest BCUT2D eigenvalue weighted by Gasteiger charge is -2.07. The highest BCUT2D eigenvalue weighted by Crippen LogP contribution is 2.19. The highest BCUT2D eigenvalue weighted by atomic mass is 16.4. The molecule has 114 valence electrons. The molecule has 22 heavy (non-hydrogen) atoms. The van der Waals surface area contributed by atoms with Gasteiger partial charge in [0.25, 0.3) is 0 Å². The fourth-order valence-electron chi connectivity index (χ4n) is 2.17. The number of nitrogens with zero attached hydrogens (tertiary/aromatic N) is 4. The zero-order chi connectivity index (χ0) is 15.5. The third-order valence-electron chi connectivity index (χ3n) is 3.36. The van der Waals surface area contributed by atoms with Gasteiger partial charge >= 0.3 is 5.76 Å². The Morgan fingerprint density at radius 2 is 1.95 bits per heavy atom. The number of hydrogen-bond donors (Lipinski definition) is 0. The van der Waals surface area contributed by atoms with E-state index in [0.29, 0.717) is 12.4 Å². The largest absolute Gasteiger partial charge is 0.437 e. The molecule has 0 spiro atoms. The van der Waals surface area contributed by atoms with Crippen LogP contribution in [0.15, 0.2) is 58.0 Å². The third-order valence-corrected chi connectivity index (χ3v) is 3.36. The van der Waals surface area contributed by atoms with Crippen molar-refractivity contribution in [3.8, 4) is 17.1 Å². The first-order valence-electron chi connectivity index (χ1n) is 7.10. The Kier molecular flexibility index (Phi) is 3.93.